The highest BCUT2D eigenvalue weighted by Crippen LogP contribution is 2.07. The number of rotatable bonds is 2. The Kier molecular flexibility index (Phi) is 4.22. The lowest BCUT2D eigenvalue weighted by molar-refractivity contribution is -0.118. The van der Waals surface area contributed by atoms with Crippen molar-refractivity contribution in [2.75, 3.05) is 19.6 Å². The Hall–Kier alpha value is -0.0600. The molecular weight excluding hydrogens is 184 g/mol. The van der Waals surface area contributed by atoms with Gasteiger partial charge in [0.1, 0.15) is 5.78 Å². The van der Waals surface area contributed by atoms with Crippen LogP contribution in [0.3, 0.4) is 0 Å². The Bertz CT molecular complexity index is 186. The number of hydrogen-bond donors (Lipinski definition) is 2. The second kappa shape index (κ2) is 4.98. The van der Waals surface area contributed by atoms with Crippen molar-refractivity contribution in [3.8, 4) is 0 Å². The van der Waals surface area contributed by atoms with Gasteiger partial charge < -0.3 is 5.32 Å². The number of thiol groups is 1. The van der Waals surface area contributed by atoms with Gasteiger partial charge in [-0.3, -0.25) is 9.69 Å². The fraction of sp³-hybridized carbons (Fsp3) is 0.889. The van der Waals surface area contributed by atoms with Crippen molar-refractivity contribution in [3.05, 3.63) is 0 Å². The van der Waals surface area contributed by atoms with Crippen molar-refractivity contribution in [3.63, 3.8) is 0 Å². The first kappa shape index (κ1) is 11.0. The zero-order valence-corrected chi connectivity index (χ0v) is 9.18. The standard InChI is InChI=1S/C9H18N2OS/c1-7-3-4-11(5-8(2)12)6-9(13)10-7/h7,9-10,13H,3-6H2,1-2H3. The Labute approximate surface area is 85.3 Å². The fourth-order valence-corrected chi connectivity index (χ4v) is 2.12. The first-order chi connectivity index (χ1) is 6.08. The molecule has 0 aromatic carbocycles. The lowest BCUT2D eigenvalue weighted by Crippen LogP contribution is -2.37. The maximum Gasteiger partial charge on any atom is 0.143 e. The van der Waals surface area contributed by atoms with Crippen LogP contribution in [0.4, 0.5) is 0 Å². The summed E-state index contributed by atoms with van der Waals surface area (Å²) in [5.41, 5.74) is 0. The summed E-state index contributed by atoms with van der Waals surface area (Å²) in [6, 6.07) is 0.499. The summed E-state index contributed by atoms with van der Waals surface area (Å²) in [5.74, 6) is 0.232. The van der Waals surface area contributed by atoms with E-state index in [0.717, 1.165) is 19.5 Å². The largest absolute Gasteiger partial charge is 0.302 e. The van der Waals surface area contributed by atoms with Gasteiger partial charge >= 0.3 is 0 Å². The Morgan fingerprint density at radius 2 is 2.38 bits per heavy atom. The van der Waals surface area contributed by atoms with E-state index in [4.69, 9.17) is 0 Å². The van der Waals surface area contributed by atoms with Crippen LogP contribution in [0, 0.1) is 0 Å². The van der Waals surface area contributed by atoms with Gasteiger partial charge in [-0.15, -0.1) is 0 Å². The Morgan fingerprint density at radius 3 is 3.00 bits per heavy atom. The van der Waals surface area contributed by atoms with E-state index in [1.165, 1.54) is 0 Å². The van der Waals surface area contributed by atoms with Gasteiger partial charge in [0.25, 0.3) is 0 Å². The van der Waals surface area contributed by atoms with Gasteiger partial charge in [0, 0.05) is 19.1 Å². The minimum absolute atomic E-state index is 0.192. The van der Waals surface area contributed by atoms with Gasteiger partial charge in [-0.25, -0.2) is 0 Å². The monoisotopic (exact) mass is 202 g/mol. The summed E-state index contributed by atoms with van der Waals surface area (Å²) in [7, 11) is 0. The SMILES string of the molecule is CC(=O)CN1CCC(C)NC(S)C1. The first-order valence-electron chi connectivity index (χ1n) is 4.74. The maximum absolute atomic E-state index is 10.9. The van der Waals surface area contributed by atoms with Crippen molar-refractivity contribution in [2.45, 2.75) is 31.7 Å². The number of carbonyl (C=O) groups is 1. The zero-order chi connectivity index (χ0) is 9.84. The van der Waals surface area contributed by atoms with Crippen LogP contribution in [0.5, 0.6) is 0 Å². The van der Waals surface area contributed by atoms with E-state index in [1.807, 2.05) is 0 Å². The molecule has 4 heteroatoms. The van der Waals surface area contributed by atoms with E-state index in [9.17, 15) is 4.79 Å². The predicted octanol–water partition coefficient (Wildman–Crippen LogP) is 0.515. The summed E-state index contributed by atoms with van der Waals surface area (Å²) in [5, 5.41) is 3.55. The molecule has 0 aliphatic carbocycles. The van der Waals surface area contributed by atoms with E-state index in [-0.39, 0.29) is 11.2 Å². The van der Waals surface area contributed by atoms with Crippen molar-refractivity contribution >= 4 is 18.4 Å². The van der Waals surface area contributed by atoms with E-state index >= 15 is 0 Å². The molecular formula is C9H18N2OS. The minimum atomic E-state index is 0.192. The number of hydrogen-bond acceptors (Lipinski definition) is 4. The molecule has 2 unspecified atom stereocenters. The van der Waals surface area contributed by atoms with E-state index in [0.29, 0.717) is 12.6 Å². The molecule has 1 saturated heterocycles. The summed E-state index contributed by atoms with van der Waals surface area (Å²) < 4.78 is 0. The Morgan fingerprint density at radius 1 is 1.69 bits per heavy atom. The van der Waals surface area contributed by atoms with Crippen molar-refractivity contribution < 1.29 is 4.79 Å². The topological polar surface area (TPSA) is 32.3 Å². The Balaban J connectivity index is 2.43. The molecule has 1 aliphatic heterocycles. The second-order valence-corrected chi connectivity index (χ2v) is 4.43. The van der Waals surface area contributed by atoms with Gasteiger partial charge in [0.15, 0.2) is 0 Å². The second-order valence-electron chi connectivity index (χ2n) is 3.81. The molecule has 1 N–H and O–H groups in total. The molecule has 76 valence electrons. The lowest BCUT2D eigenvalue weighted by atomic mass is 10.2. The van der Waals surface area contributed by atoms with Gasteiger partial charge in [0.2, 0.25) is 0 Å². The molecule has 0 bridgehead atoms. The van der Waals surface area contributed by atoms with Crippen LogP contribution in [0.15, 0.2) is 0 Å². The third-order valence-corrected chi connectivity index (χ3v) is 2.55. The average Bonchev–Trinajstić information content (AvgIpc) is 2.11. The number of nitrogens with one attached hydrogen (secondary N) is 1. The highest BCUT2D eigenvalue weighted by molar-refractivity contribution is 7.80. The molecule has 1 aliphatic rings. The van der Waals surface area contributed by atoms with Crippen LogP contribution in [0.1, 0.15) is 20.3 Å². The highest BCUT2D eigenvalue weighted by atomic mass is 32.1. The number of ketones is 1. The molecule has 1 rings (SSSR count). The van der Waals surface area contributed by atoms with Crippen molar-refractivity contribution in [1.82, 2.24) is 10.2 Å². The maximum atomic E-state index is 10.9. The molecule has 2 atom stereocenters. The first-order valence-corrected chi connectivity index (χ1v) is 5.25. The van der Waals surface area contributed by atoms with E-state index in [2.05, 4.69) is 29.8 Å². The van der Waals surface area contributed by atoms with Crippen molar-refractivity contribution in [2.24, 2.45) is 0 Å². The molecule has 0 saturated carbocycles. The smallest absolute Gasteiger partial charge is 0.143 e. The van der Waals surface area contributed by atoms with Crippen LogP contribution < -0.4 is 5.32 Å². The average molecular weight is 202 g/mol. The van der Waals surface area contributed by atoms with Crippen LogP contribution in [-0.2, 0) is 4.79 Å². The fourth-order valence-electron chi connectivity index (χ4n) is 1.64. The van der Waals surface area contributed by atoms with Crippen molar-refractivity contribution in [1.29, 1.82) is 0 Å². The summed E-state index contributed by atoms with van der Waals surface area (Å²) in [6.45, 7) is 6.19. The number of Topliss-reactive ketones (excluding diaryl/α,β-unsaturated/α-hetero) is 1. The third kappa shape index (κ3) is 4.11. The number of nitrogens with zero attached hydrogens (tertiary/aromatic N) is 1. The molecule has 0 aromatic heterocycles. The molecule has 13 heavy (non-hydrogen) atoms. The third-order valence-electron chi connectivity index (χ3n) is 2.23. The predicted molar refractivity (Wildman–Crippen MR) is 57.1 cm³/mol. The molecule has 0 radical (unpaired) electrons. The molecule has 1 fully saturated rings. The van der Waals surface area contributed by atoms with Crippen LogP contribution in [0.25, 0.3) is 0 Å². The van der Waals surface area contributed by atoms with Gasteiger partial charge in [0.05, 0.1) is 11.9 Å². The molecule has 0 amide bonds. The quantitative estimate of drug-likeness (QED) is 0.640. The van der Waals surface area contributed by atoms with E-state index < -0.39 is 0 Å². The van der Waals surface area contributed by atoms with Crippen LogP contribution >= 0.6 is 12.6 Å². The normalized spacial score (nSPS) is 31.3. The number of carbonyl (C=O) groups excluding carboxylic acids is 1. The van der Waals surface area contributed by atoms with Gasteiger partial charge in [-0.1, -0.05) is 0 Å². The molecule has 0 spiro atoms. The minimum Gasteiger partial charge on any atom is -0.302 e. The van der Waals surface area contributed by atoms with Crippen LogP contribution in [-0.4, -0.2) is 41.7 Å². The van der Waals surface area contributed by atoms with Crippen LogP contribution in [0.2, 0.25) is 0 Å². The molecule has 0 aromatic rings. The summed E-state index contributed by atoms with van der Waals surface area (Å²) in [6.07, 6.45) is 1.09. The van der Waals surface area contributed by atoms with Gasteiger partial charge in [-0.05, 0) is 20.3 Å². The molecule has 1 heterocycles. The molecule has 3 nitrogen and oxygen atoms in total. The highest BCUT2D eigenvalue weighted by Gasteiger charge is 2.18. The lowest BCUT2D eigenvalue weighted by Gasteiger charge is -2.19. The summed E-state index contributed by atoms with van der Waals surface area (Å²) >= 11 is 4.41. The summed E-state index contributed by atoms with van der Waals surface area (Å²) in [4.78, 5) is 13.1. The zero-order valence-electron chi connectivity index (χ0n) is 8.29. The van der Waals surface area contributed by atoms with Gasteiger partial charge in [-0.2, -0.15) is 12.6 Å². The van der Waals surface area contributed by atoms with E-state index in [1.54, 1.807) is 6.92 Å².